The molecule has 0 spiro atoms. The van der Waals surface area contributed by atoms with Gasteiger partial charge in [0.05, 0.1) is 24.0 Å². The van der Waals surface area contributed by atoms with Crippen molar-refractivity contribution in [3.63, 3.8) is 0 Å². The molecule has 0 aromatic heterocycles. The first kappa shape index (κ1) is 18.6. The number of nitrogens with zero attached hydrogens (tertiary/aromatic N) is 1. The predicted molar refractivity (Wildman–Crippen MR) is 85.3 cm³/mol. The number of ether oxygens (including phenoxy) is 1. The molecule has 7 heteroatoms. The van der Waals surface area contributed by atoms with E-state index in [9.17, 15) is 19.7 Å². The van der Waals surface area contributed by atoms with Gasteiger partial charge in [-0.1, -0.05) is 13.8 Å². The third kappa shape index (κ3) is 6.90. The number of non-ortho nitro benzene ring substituents is 1. The molecule has 0 radical (unpaired) electrons. The smallest absolute Gasteiger partial charge is 0.269 e. The van der Waals surface area contributed by atoms with Crippen LogP contribution >= 0.6 is 0 Å². The molecule has 0 saturated carbocycles. The second-order valence-electron chi connectivity index (χ2n) is 5.71. The summed E-state index contributed by atoms with van der Waals surface area (Å²) in [5.41, 5.74) is -0.0203. The van der Waals surface area contributed by atoms with Gasteiger partial charge in [0.25, 0.3) is 5.69 Å². The number of rotatable bonds is 9. The highest BCUT2D eigenvalue weighted by Gasteiger charge is 2.18. The number of Topliss-reactive ketones (excluding diaryl/α,β-unsaturated/α-hetero) is 1. The largest absolute Gasteiger partial charge is 0.493 e. The van der Waals surface area contributed by atoms with Crippen LogP contribution in [-0.2, 0) is 9.59 Å². The van der Waals surface area contributed by atoms with E-state index in [0.717, 1.165) is 0 Å². The van der Waals surface area contributed by atoms with Crippen molar-refractivity contribution in [3.8, 4) is 5.75 Å². The molecule has 1 amide bonds. The van der Waals surface area contributed by atoms with Crippen LogP contribution in [0.15, 0.2) is 24.3 Å². The molecule has 0 fully saturated rings. The fourth-order valence-corrected chi connectivity index (χ4v) is 1.99. The van der Waals surface area contributed by atoms with E-state index in [-0.39, 0.29) is 30.4 Å². The van der Waals surface area contributed by atoms with Crippen LogP contribution in [0.25, 0.3) is 0 Å². The number of benzene rings is 1. The Balaban J connectivity index is 2.40. The van der Waals surface area contributed by atoms with Gasteiger partial charge in [-0.2, -0.15) is 0 Å². The van der Waals surface area contributed by atoms with Crippen molar-refractivity contribution < 1.29 is 19.2 Å². The Kier molecular flexibility index (Phi) is 7.18. The first-order valence-electron chi connectivity index (χ1n) is 7.46. The maximum Gasteiger partial charge on any atom is 0.269 e. The van der Waals surface area contributed by atoms with Gasteiger partial charge >= 0.3 is 0 Å². The summed E-state index contributed by atoms with van der Waals surface area (Å²) in [6.07, 6.45) is 0.711. The zero-order chi connectivity index (χ0) is 17.4. The molecule has 0 saturated heterocycles. The Hall–Kier alpha value is -2.44. The minimum Gasteiger partial charge on any atom is -0.493 e. The van der Waals surface area contributed by atoms with Crippen molar-refractivity contribution in [2.24, 2.45) is 5.92 Å². The molecule has 1 unspecified atom stereocenters. The molecule has 0 bridgehead atoms. The first-order valence-corrected chi connectivity index (χ1v) is 7.46. The lowest BCUT2D eigenvalue weighted by Crippen LogP contribution is -2.41. The van der Waals surface area contributed by atoms with Crippen molar-refractivity contribution in [1.29, 1.82) is 0 Å². The molecule has 1 aromatic rings. The highest BCUT2D eigenvalue weighted by Crippen LogP contribution is 2.17. The summed E-state index contributed by atoms with van der Waals surface area (Å²) in [4.78, 5) is 33.4. The number of carbonyl (C=O) groups is 2. The topological polar surface area (TPSA) is 98.5 Å². The van der Waals surface area contributed by atoms with E-state index < -0.39 is 11.0 Å². The van der Waals surface area contributed by atoms with E-state index in [1.165, 1.54) is 31.2 Å². The van der Waals surface area contributed by atoms with Crippen LogP contribution in [0.4, 0.5) is 5.69 Å². The Morgan fingerprint density at radius 3 is 2.35 bits per heavy atom. The van der Waals surface area contributed by atoms with Crippen LogP contribution in [0.5, 0.6) is 5.75 Å². The SMILES string of the molecule is CC(=O)C(CC(C)C)NC(=O)CCOc1ccc([N+](=O)[O-])cc1. The number of hydrogen-bond donors (Lipinski definition) is 1. The molecule has 1 N–H and O–H groups in total. The number of nitro benzene ring substituents is 1. The van der Waals surface area contributed by atoms with E-state index in [1.807, 2.05) is 13.8 Å². The van der Waals surface area contributed by atoms with Gasteiger partial charge in [0.1, 0.15) is 5.75 Å². The number of ketones is 1. The van der Waals surface area contributed by atoms with Crippen LogP contribution in [0.3, 0.4) is 0 Å². The van der Waals surface area contributed by atoms with E-state index in [1.54, 1.807) is 0 Å². The molecule has 0 aliphatic carbocycles. The Morgan fingerprint density at radius 2 is 1.87 bits per heavy atom. The summed E-state index contributed by atoms with van der Waals surface area (Å²) in [7, 11) is 0. The van der Waals surface area contributed by atoms with Crippen molar-refractivity contribution >= 4 is 17.4 Å². The standard InChI is InChI=1S/C16H22N2O5/c1-11(2)10-15(12(3)19)17-16(20)8-9-23-14-6-4-13(5-7-14)18(21)22/h4-7,11,15H,8-10H2,1-3H3,(H,17,20). The second-order valence-corrected chi connectivity index (χ2v) is 5.71. The van der Waals surface area contributed by atoms with E-state index >= 15 is 0 Å². The van der Waals surface area contributed by atoms with Crippen molar-refractivity contribution in [3.05, 3.63) is 34.4 Å². The Bertz CT molecular complexity index is 554. The maximum atomic E-state index is 11.8. The minimum absolute atomic E-state index is 0.0203. The molecular formula is C16H22N2O5. The summed E-state index contributed by atoms with van der Waals surface area (Å²) < 4.78 is 5.37. The average Bonchev–Trinajstić information content (AvgIpc) is 2.46. The van der Waals surface area contributed by atoms with E-state index in [0.29, 0.717) is 18.1 Å². The Labute approximate surface area is 135 Å². The predicted octanol–water partition coefficient (Wildman–Crippen LogP) is 2.48. The zero-order valence-corrected chi connectivity index (χ0v) is 13.6. The van der Waals surface area contributed by atoms with Gasteiger partial charge in [0.15, 0.2) is 5.78 Å². The van der Waals surface area contributed by atoms with Crippen molar-refractivity contribution in [2.45, 2.75) is 39.7 Å². The quantitative estimate of drug-likeness (QED) is 0.556. The van der Waals surface area contributed by atoms with E-state index in [2.05, 4.69) is 5.32 Å². The van der Waals surface area contributed by atoms with Gasteiger partial charge in [0, 0.05) is 12.1 Å². The van der Waals surface area contributed by atoms with Gasteiger partial charge in [-0.3, -0.25) is 19.7 Å². The lowest BCUT2D eigenvalue weighted by Gasteiger charge is -2.17. The molecule has 0 aliphatic heterocycles. The Morgan fingerprint density at radius 1 is 1.26 bits per heavy atom. The number of nitrogens with one attached hydrogen (secondary N) is 1. The van der Waals surface area contributed by atoms with Crippen LogP contribution in [0.2, 0.25) is 0 Å². The number of nitro groups is 1. The molecule has 1 rings (SSSR count). The normalized spacial score (nSPS) is 11.8. The number of hydrogen-bond acceptors (Lipinski definition) is 5. The molecule has 126 valence electrons. The number of amides is 1. The highest BCUT2D eigenvalue weighted by atomic mass is 16.6. The molecule has 7 nitrogen and oxygen atoms in total. The van der Waals surface area contributed by atoms with Crippen molar-refractivity contribution in [1.82, 2.24) is 5.32 Å². The van der Waals surface area contributed by atoms with E-state index in [4.69, 9.17) is 4.74 Å². The van der Waals surface area contributed by atoms with Gasteiger partial charge in [-0.15, -0.1) is 0 Å². The summed E-state index contributed by atoms with van der Waals surface area (Å²) in [5.74, 6) is 0.436. The van der Waals surface area contributed by atoms with Gasteiger partial charge < -0.3 is 10.1 Å². The first-order chi connectivity index (χ1) is 10.8. The second kappa shape index (κ2) is 8.87. The molecule has 1 atom stereocenters. The van der Waals surface area contributed by atoms with Crippen LogP contribution in [-0.4, -0.2) is 29.3 Å². The summed E-state index contributed by atoms with van der Waals surface area (Å²) >= 11 is 0. The van der Waals surface area contributed by atoms with Gasteiger partial charge in [-0.25, -0.2) is 0 Å². The maximum absolute atomic E-state index is 11.8. The fourth-order valence-electron chi connectivity index (χ4n) is 1.99. The number of carbonyl (C=O) groups excluding carboxylic acids is 2. The highest BCUT2D eigenvalue weighted by molar-refractivity contribution is 5.87. The minimum atomic E-state index is -0.492. The zero-order valence-electron chi connectivity index (χ0n) is 13.6. The summed E-state index contributed by atoms with van der Waals surface area (Å²) in [5, 5.41) is 13.2. The third-order valence-corrected chi connectivity index (χ3v) is 3.18. The monoisotopic (exact) mass is 322 g/mol. The van der Waals surface area contributed by atoms with Gasteiger partial charge in [-0.05, 0) is 31.4 Å². The molecule has 23 heavy (non-hydrogen) atoms. The molecule has 1 aromatic carbocycles. The van der Waals surface area contributed by atoms with Gasteiger partial charge in [0.2, 0.25) is 5.91 Å². The fraction of sp³-hybridized carbons (Fsp3) is 0.500. The lowest BCUT2D eigenvalue weighted by atomic mass is 10.0. The van der Waals surface area contributed by atoms with Crippen LogP contribution < -0.4 is 10.1 Å². The molecule has 0 heterocycles. The third-order valence-electron chi connectivity index (χ3n) is 3.18. The summed E-state index contributed by atoms with van der Waals surface area (Å²) in [6.45, 7) is 5.57. The average molecular weight is 322 g/mol. The van der Waals surface area contributed by atoms with Crippen LogP contribution in [0.1, 0.15) is 33.6 Å². The van der Waals surface area contributed by atoms with Crippen LogP contribution in [0, 0.1) is 16.0 Å². The lowest BCUT2D eigenvalue weighted by molar-refractivity contribution is -0.384. The molecule has 0 aliphatic rings. The molecular weight excluding hydrogens is 300 g/mol. The van der Waals surface area contributed by atoms with Crippen molar-refractivity contribution in [2.75, 3.05) is 6.61 Å². The summed E-state index contributed by atoms with van der Waals surface area (Å²) in [6, 6.07) is 5.16.